The van der Waals surface area contributed by atoms with E-state index in [9.17, 15) is 0 Å². The third-order valence-corrected chi connectivity index (χ3v) is 5.43. The van der Waals surface area contributed by atoms with Crippen LogP contribution in [0.3, 0.4) is 0 Å². The second-order valence-electron chi connectivity index (χ2n) is 7.02. The molecule has 0 radical (unpaired) electrons. The Bertz CT molecular complexity index is 522. The maximum Gasteiger partial charge on any atom is 0.251 e. The number of rotatable bonds is 2. The van der Waals surface area contributed by atoms with Crippen LogP contribution < -0.4 is 15.2 Å². The summed E-state index contributed by atoms with van der Waals surface area (Å²) in [6.07, 6.45) is 10.5. The van der Waals surface area contributed by atoms with Gasteiger partial charge in [0, 0.05) is 18.9 Å². The Morgan fingerprint density at radius 2 is 1.81 bits per heavy atom. The van der Waals surface area contributed by atoms with Gasteiger partial charge in [-0.1, -0.05) is 18.9 Å². The Morgan fingerprint density at radius 3 is 2.57 bits per heavy atom. The molecule has 3 nitrogen and oxygen atoms in total. The Morgan fingerprint density at radius 1 is 1.00 bits per heavy atom. The standard InChI is InChI=1S/C18H25NO2/c19-15-6-4-5-14(15)11-13-7-8-16-17(12-13)21-18(20-16)9-2-1-3-10-18/h7-8,12,14-15H,1-6,9-11,19H2/t14-,15+/m0/s1. The van der Waals surface area contributed by atoms with Gasteiger partial charge in [0.25, 0.3) is 5.79 Å². The van der Waals surface area contributed by atoms with Gasteiger partial charge in [-0.2, -0.15) is 0 Å². The monoisotopic (exact) mass is 287 g/mol. The van der Waals surface area contributed by atoms with Crippen molar-refractivity contribution in [3.8, 4) is 11.5 Å². The molecule has 2 N–H and O–H groups in total. The summed E-state index contributed by atoms with van der Waals surface area (Å²) in [4.78, 5) is 0. The minimum absolute atomic E-state index is 0.358. The van der Waals surface area contributed by atoms with Crippen LogP contribution in [0.5, 0.6) is 11.5 Å². The first-order valence-corrected chi connectivity index (χ1v) is 8.51. The van der Waals surface area contributed by atoms with Crippen molar-refractivity contribution in [1.29, 1.82) is 0 Å². The van der Waals surface area contributed by atoms with Gasteiger partial charge in [-0.05, 0) is 55.7 Å². The van der Waals surface area contributed by atoms with Crippen molar-refractivity contribution in [2.45, 2.75) is 69.6 Å². The Kier molecular flexibility index (Phi) is 3.33. The molecule has 0 bridgehead atoms. The minimum Gasteiger partial charge on any atom is -0.448 e. The van der Waals surface area contributed by atoms with E-state index in [1.54, 1.807) is 0 Å². The van der Waals surface area contributed by atoms with Crippen molar-refractivity contribution >= 4 is 0 Å². The first kappa shape index (κ1) is 13.4. The normalized spacial score (nSPS) is 30.0. The van der Waals surface area contributed by atoms with Crippen LogP contribution >= 0.6 is 0 Å². The van der Waals surface area contributed by atoms with Crippen LogP contribution in [0.2, 0.25) is 0 Å². The lowest BCUT2D eigenvalue weighted by atomic mass is 9.94. The maximum atomic E-state index is 6.21. The zero-order valence-corrected chi connectivity index (χ0v) is 12.6. The number of fused-ring (bicyclic) bond motifs is 1. The number of hydrogen-bond acceptors (Lipinski definition) is 3. The van der Waals surface area contributed by atoms with Gasteiger partial charge >= 0.3 is 0 Å². The molecule has 2 atom stereocenters. The minimum atomic E-state index is -0.358. The lowest BCUT2D eigenvalue weighted by Gasteiger charge is -2.31. The smallest absolute Gasteiger partial charge is 0.251 e. The van der Waals surface area contributed by atoms with Gasteiger partial charge in [-0.3, -0.25) is 0 Å². The topological polar surface area (TPSA) is 44.5 Å². The average Bonchev–Trinajstić information content (AvgIpc) is 3.03. The molecular formula is C18H25NO2. The van der Waals surface area contributed by atoms with Crippen molar-refractivity contribution in [3.05, 3.63) is 23.8 Å². The summed E-state index contributed by atoms with van der Waals surface area (Å²) in [6.45, 7) is 0. The lowest BCUT2D eigenvalue weighted by molar-refractivity contribution is -0.105. The maximum absolute atomic E-state index is 6.21. The van der Waals surface area contributed by atoms with E-state index in [0.29, 0.717) is 12.0 Å². The summed E-state index contributed by atoms with van der Waals surface area (Å²) in [5, 5.41) is 0. The molecule has 1 spiro atoms. The first-order valence-electron chi connectivity index (χ1n) is 8.51. The van der Waals surface area contributed by atoms with Crippen molar-refractivity contribution < 1.29 is 9.47 Å². The van der Waals surface area contributed by atoms with E-state index in [1.807, 2.05) is 0 Å². The Balaban J connectivity index is 1.50. The van der Waals surface area contributed by atoms with Crippen molar-refractivity contribution in [2.75, 3.05) is 0 Å². The van der Waals surface area contributed by atoms with Gasteiger partial charge in [0.1, 0.15) is 0 Å². The molecule has 3 heteroatoms. The van der Waals surface area contributed by atoms with E-state index in [1.165, 1.54) is 44.1 Å². The number of ether oxygens (including phenoxy) is 2. The summed E-state index contributed by atoms with van der Waals surface area (Å²) < 4.78 is 12.3. The van der Waals surface area contributed by atoms with Crippen molar-refractivity contribution in [1.82, 2.24) is 0 Å². The molecule has 1 heterocycles. The first-order chi connectivity index (χ1) is 10.2. The van der Waals surface area contributed by atoms with E-state index in [4.69, 9.17) is 15.2 Å². The lowest BCUT2D eigenvalue weighted by Crippen LogP contribution is -2.40. The van der Waals surface area contributed by atoms with E-state index in [0.717, 1.165) is 30.8 Å². The van der Waals surface area contributed by atoms with Crippen LogP contribution in [0, 0.1) is 5.92 Å². The van der Waals surface area contributed by atoms with E-state index >= 15 is 0 Å². The van der Waals surface area contributed by atoms with Crippen LogP contribution in [0.25, 0.3) is 0 Å². The highest BCUT2D eigenvalue weighted by Gasteiger charge is 2.42. The van der Waals surface area contributed by atoms with E-state index < -0.39 is 0 Å². The number of benzene rings is 1. The highest BCUT2D eigenvalue weighted by Crippen LogP contribution is 2.46. The highest BCUT2D eigenvalue weighted by molar-refractivity contribution is 5.46. The molecule has 114 valence electrons. The molecule has 0 amide bonds. The molecule has 1 aliphatic heterocycles. The quantitative estimate of drug-likeness (QED) is 0.900. The van der Waals surface area contributed by atoms with Crippen molar-refractivity contribution in [3.63, 3.8) is 0 Å². The summed E-state index contributed by atoms with van der Waals surface area (Å²) >= 11 is 0. The van der Waals surface area contributed by atoms with Crippen LogP contribution in [0.15, 0.2) is 18.2 Å². The summed E-state index contributed by atoms with van der Waals surface area (Å²) in [5.41, 5.74) is 7.54. The average molecular weight is 287 g/mol. The summed E-state index contributed by atoms with van der Waals surface area (Å²) in [6, 6.07) is 6.84. The largest absolute Gasteiger partial charge is 0.448 e. The second-order valence-corrected chi connectivity index (χ2v) is 7.02. The number of nitrogens with two attached hydrogens (primary N) is 1. The van der Waals surface area contributed by atoms with Crippen LogP contribution in [-0.4, -0.2) is 11.8 Å². The third-order valence-electron chi connectivity index (χ3n) is 5.43. The van der Waals surface area contributed by atoms with Crippen LogP contribution in [0.1, 0.15) is 56.9 Å². The molecular weight excluding hydrogens is 262 g/mol. The highest BCUT2D eigenvalue weighted by atomic mass is 16.7. The van der Waals surface area contributed by atoms with Crippen molar-refractivity contribution in [2.24, 2.45) is 11.7 Å². The molecule has 2 saturated carbocycles. The SMILES string of the molecule is N[C@@H]1CCC[C@H]1Cc1ccc2c(c1)OC1(CCCCC1)O2. The zero-order valence-electron chi connectivity index (χ0n) is 12.6. The number of hydrogen-bond donors (Lipinski definition) is 1. The Labute approximate surface area is 126 Å². The second kappa shape index (κ2) is 5.20. The summed E-state index contributed by atoms with van der Waals surface area (Å²) in [5.74, 6) is 2.15. The van der Waals surface area contributed by atoms with Gasteiger partial charge in [-0.25, -0.2) is 0 Å². The predicted molar refractivity (Wildman–Crippen MR) is 82.5 cm³/mol. The molecule has 1 aromatic carbocycles. The third kappa shape index (κ3) is 2.52. The van der Waals surface area contributed by atoms with E-state index in [2.05, 4.69) is 18.2 Å². The fourth-order valence-electron chi connectivity index (χ4n) is 4.18. The van der Waals surface area contributed by atoms with Gasteiger partial charge in [0.05, 0.1) is 0 Å². The molecule has 2 aliphatic carbocycles. The molecule has 1 aromatic rings. The Hall–Kier alpha value is -1.22. The molecule has 4 rings (SSSR count). The molecule has 0 unspecified atom stereocenters. The zero-order chi connectivity index (χ0) is 14.3. The van der Waals surface area contributed by atoms with Gasteiger partial charge in [0.15, 0.2) is 11.5 Å². The van der Waals surface area contributed by atoms with Gasteiger partial charge < -0.3 is 15.2 Å². The predicted octanol–water partition coefficient (Wildman–Crippen LogP) is 3.79. The summed E-state index contributed by atoms with van der Waals surface area (Å²) in [7, 11) is 0. The fraction of sp³-hybridized carbons (Fsp3) is 0.667. The van der Waals surface area contributed by atoms with Crippen LogP contribution in [0.4, 0.5) is 0 Å². The van der Waals surface area contributed by atoms with Gasteiger partial charge in [-0.15, -0.1) is 0 Å². The molecule has 0 saturated heterocycles. The van der Waals surface area contributed by atoms with Crippen LogP contribution in [-0.2, 0) is 6.42 Å². The fourth-order valence-corrected chi connectivity index (χ4v) is 4.18. The molecule has 3 aliphatic rings. The van der Waals surface area contributed by atoms with E-state index in [-0.39, 0.29) is 5.79 Å². The van der Waals surface area contributed by atoms with Gasteiger partial charge in [0.2, 0.25) is 0 Å². The molecule has 21 heavy (non-hydrogen) atoms. The molecule has 0 aromatic heterocycles. The molecule has 2 fully saturated rings.